The predicted molar refractivity (Wildman–Crippen MR) is 68.3 cm³/mol. The quantitative estimate of drug-likeness (QED) is 0.469. The van der Waals surface area contributed by atoms with Crippen molar-refractivity contribution < 1.29 is 14.3 Å². The average Bonchev–Trinajstić information content (AvgIpc) is 2.25. The van der Waals surface area contributed by atoms with Crippen molar-refractivity contribution in [3.05, 3.63) is 29.6 Å². The summed E-state index contributed by atoms with van der Waals surface area (Å²) < 4.78 is 5.20. The summed E-state index contributed by atoms with van der Waals surface area (Å²) in [5, 5.41) is 0. The number of aryl methyl sites for hydroxylation is 1. The molecule has 0 amide bonds. The lowest BCUT2D eigenvalue weighted by Crippen LogP contribution is -2.31. The summed E-state index contributed by atoms with van der Waals surface area (Å²) in [4.78, 5) is 27.9. The summed E-state index contributed by atoms with van der Waals surface area (Å²) in [7, 11) is 0. The highest BCUT2D eigenvalue weighted by Gasteiger charge is 2.28. The van der Waals surface area contributed by atoms with Gasteiger partial charge in [0.2, 0.25) is 0 Å². The fourth-order valence-electron chi connectivity index (χ4n) is 1.45. The SMILES string of the molecule is Cc1ccncc1C(=O)C(C)C(=O)OC(C)(C)C. The van der Waals surface area contributed by atoms with Crippen LogP contribution in [0, 0.1) is 12.8 Å². The molecule has 0 saturated heterocycles. The molecular weight excluding hydrogens is 230 g/mol. The van der Waals surface area contributed by atoms with Crippen LogP contribution < -0.4 is 0 Å². The summed E-state index contributed by atoms with van der Waals surface area (Å²) in [5.41, 5.74) is 0.691. The van der Waals surface area contributed by atoms with Crippen molar-refractivity contribution in [1.82, 2.24) is 4.98 Å². The Morgan fingerprint density at radius 1 is 1.33 bits per heavy atom. The van der Waals surface area contributed by atoms with Gasteiger partial charge < -0.3 is 4.74 Å². The summed E-state index contributed by atoms with van der Waals surface area (Å²) >= 11 is 0. The molecule has 1 aromatic rings. The van der Waals surface area contributed by atoms with Crippen molar-refractivity contribution >= 4 is 11.8 Å². The van der Waals surface area contributed by atoms with Gasteiger partial charge in [-0.15, -0.1) is 0 Å². The number of pyridine rings is 1. The maximum absolute atomic E-state index is 12.2. The number of Topliss-reactive ketones (excluding diaryl/α,β-unsaturated/α-hetero) is 1. The van der Waals surface area contributed by atoms with Crippen molar-refractivity contribution in [3.63, 3.8) is 0 Å². The number of aromatic nitrogens is 1. The second-order valence-corrected chi connectivity index (χ2v) is 5.31. The summed E-state index contributed by atoms with van der Waals surface area (Å²) in [6, 6.07) is 1.75. The van der Waals surface area contributed by atoms with Crippen LogP contribution in [0.1, 0.15) is 43.6 Å². The Hall–Kier alpha value is -1.71. The van der Waals surface area contributed by atoms with Gasteiger partial charge in [0.15, 0.2) is 5.78 Å². The highest BCUT2D eigenvalue weighted by molar-refractivity contribution is 6.08. The third-order valence-electron chi connectivity index (χ3n) is 2.46. The fraction of sp³-hybridized carbons (Fsp3) is 0.500. The molecule has 0 N–H and O–H groups in total. The average molecular weight is 249 g/mol. The molecular formula is C14H19NO3. The molecule has 1 heterocycles. The smallest absolute Gasteiger partial charge is 0.317 e. The summed E-state index contributed by atoms with van der Waals surface area (Å²) in [6.07, 6.45) is 3.10. The van der Waals surface area contributed by atoms with E-state index in [2.05, 4.69) is 4.98 Å². The number of ketones is 1. The molecule has 0 aromatic carbocycles. The van der Waals surface area contributed by atoms with Crippen LogP contribution in [-0.4, -0.2) is 22.3 Å². The van der Waals surface area contributed by atoms with Crippen LogP contribution in [0.25, 0.3) is 0 Å². The summed E-state index contributed by atoms with van der Waals surface area (Å²) in [6.45, 7) is 8.70. The molecule has 0 aliphatic heterocycles. The Balaban J connectivity index is 2.85. The molecule has 1 atom stereocenters. The topological polar surface area (TPSA) is 56.3 Å². The van der Waals surface area contributed by atoms with E-state index in [1.807, 2.05) is 6.92 Å². The van der Waals surface area contributed by atoms with E-state index in [4.69, 9.17) is 4.74 Å². The first-order valence-electron chi connectivity index (χ1n) is 5.90. The van der Waals surface area contributed by atoms with Gasteiger partial charge in [0.05, 0.1) is 0 Å². The standard InChI is InChI=1S/C14H19NO3/c1-9-6-7-15-8-11(9)12(16)10(2)13(17)18-14(3,4)5/h6-8,10H,1-5H3. The molecule has 1 unspecified atom stereocenters. The number of carbonyl (C=O) groups is 2. The normalized spacial score (nSPS) is 12.9. The monoisotopic (exact) mass is 249 g/mol. The highest BCUT2D eigenvalue weighted by Crippen LogP contribution is 2.16. The Labute approximate surface area is 107 Å². The molecule has 0 radical (unpaired) electrons. The zero-order valence-corrected chi connectivity index (χ0v) is 11.5. The molecule has 0 aliphatic carbocycles. The van der Waals surface area contributed by atoms with Crippen LogP contribution in [0.2, 0.25) is 0 Å². The van der Waals surface area contributed by atoms with Crippen LogP contribution in [-0.2, 0) is 9.53 Å². The van der Waals surface area contributed by atoms with Crippen molar-refractivity contribution in [1.29, 1.82) is 0 Å². The van der Waals surface area contributed by atoms with E-state index in [0.717, 1.165) is 5.56 Å². The number of ether oxygens (including phenoxy) is 1. The lowest BCUT2D eigenvalue weighted by Gasteiger charge is -2.21. The number of hydrogen-bond donors (Lipinski definition) is 0. The third-order valence-corrected chi connectivity index (χ3v) is 2.46. The molecule has 0 bridgehead atoms. The molecule has 0 spiro atoms. The molecule has 1 rings (SSSR count). The van der Waals surface area contributed by atoms with Gasteiger partial charge in [0.1, 0.15) is 11.5 Å². The molecule has 18 heavy (non-hydrogen) atoms. The minimum Gasteiger partial charge on any atom is -0.459 e. The predicted octanol–water partition coefficient (Wildman–Crippen LogP) is 2.55. The molecule has 0 fully saturated rings. The Morgan fingerprint density at radius 2 is 1.94 bits per heavy atom. The van der Waals surface area contributed by atoms with E-state index >= 15 is 0 Å². The van der Waals surface area contributed by atoms with Gasteiger partial charge in [-0.3, -0.25) is 14.6 Å². The highest BCUT2D eigenvalue weighted by atomic mass is 16.6. The van der Waals surface area contributed by atoms with Crippen LogP contribution in [0.5, 0.6) is 0 Å². The molecule has 0 aliphatic rings. The van der Waals surface area contributed by atoms with E-state index < -0.39 is 17.5 Å². The van der Waals surface area contributed by atoms with Gasteiger partial charge in [-0.05, 0) is 46.2 Å². The Kier molecular flexibility index (Phi) is 4.22. The summed E-state index contributed by atoms with van der Waals surface area (Å²) in [5.74, 6) is -1.57. The first kappa shape index (κ1) is 14.4. The molecule has 4 nitrogen and oxygen atoms in total. The van der Waals surface area contributed by atoms with E-state index in [9.17, 15) is 9.59 Å². The van der Waals surface area contributed by atoms with Crippen LogP contribution in [0.4, 0.5) is 0 Å². The minimum atomic E-state index is -0.813. The minimum absolute atomic E-state index is 0.255. The lowest BCUT2D eigenvalue weighted by molar-refractivity contribution is -0.157. The van der Waals surface area contributed by atoms with E-state index in [0.29, 0.717) is 5.56 Å². The lowest BCUT2D eigenvalue weighted by atomic mass is 9.97. The van der Waals surface area contributed by atoms with Crippen LogP contribution in [0.3, 0.4) is 0 Å². The number of esters is 1. The van der Waals surface area contributed by atoms with E-state index in [1.54, 1.807) is 40.0 Å². The van der Waals surface area contributed by atoms with Gasteiger partial charge in [-0.1, -0.05) is 0 Å². The maximum atomic E-state index is 12.2. The molecule has 4 heteroatoms. The van der Waals surface area contributed by atoms with Gasteiger partial charge in [0, 0.05) is 18.0 Å². The Bertz CT molecular complexity index is 460. The number of nitrogens with zero attached hydrogens (tertiary/aromatic N) is 1. The van der Waals surface area contributed by atoms with Crippen molar-refractivity contribution in [2.75, 3.05) is 0 Å². The number of hydrogen-bond acceptors (Lipinski definition) is 4. The van der Waals surface area contributed by atoms with Crippen molar-refractivity contribution in [2.45, 2.75) is 40.2 Å². The first-order valence-corrected chi connectivity index (χ1v) is 5.90. The zero-order valence-electron chi connectivity index (χ0n) is 11.5. The zero-order chi connectivity index (χ0) is 13.9. The Morgan fingerprint density at radius 3 is 2.44 bits per heavy atom. The molecule has 98 valence electrons. The number of carbonyl (C=O) groups excluding carboxylic acids is 2. The van der Waals surface area contributed by atoms with Crippen LogP contribution in [0.15, 0.2) is 18.5 Å². The second kappa shape index (κ2) is 5.29. The molecule has 0 saturated carbocycles. The van der Waals surface area contributed by atoms with Gasteiger partial charge >= 0.3 is 5.97 Å². The third kappa shape index (κ3) is 3.65. The number of rotatable bonds is 3. The second-order valence-electron chi connectivity index (χ2n) is 5.31. The van der Waals surface area contributed by atoms with Gasteiger partial charge in [-0.25, -0.2) is 0 Å². The van der Waals surface area contributed by atoms with Crippen molar-refractivity contribution in [2.24, 2.45) is 5.92 Å². The van der Waals surface area contributed by atoms with Gasteiger partial charge in [-0.2, -0.15) is 0 Å². The molecule has 1 aromatic heterocycles. The van der Waals surface area contributed by atoms with E-state index in [1.165, 1.54) is 6.20 Å². The van der Waals surface area contributed by atoms with Gasteiger partial charge in [0.25, 0.3) is 0 Å². The van der Waals surface area contributed by atoms with Crippen LogP contribution >= 0.6 is 0 Å². The van der Waals surface area contributed by atoms with Crippen molar-refractivity contribution in [3.8, 4) is 0 Å². The first-order chi connectivity index (χ1) is 8.22. The largest absolute Gasteiger partial charge is 0.459 e. The maximum Gasteiger partial charge on any atom is 0.317 e. The fourth-order valence-corrected chi connectivity index (χ4v) is 1.45. The van der Waals surface area contributed by atoms with E-state index in [-0.39, 0.29) is 5.78 Å².